The predicted octanol–water partition coefficient (Wildman–Crippen LogP) is 2.47. The van der Waals surface area contributed by atoms with Gasteiger partial charge in [0.15, 0.2) is 0 Å². The quantitative estimate of drug-likeness (QED) is 0.616. The lowest BCUT2D eigenvalue weighted by Gasteiger charge is -2.56. The molecule has 0 unspecified atom stereocenters. The van der Waals surface area contributed by atoms with Crippen molar-refractivity contribution in [3.05, 3.63) is 0 Å². The summed E-state index contributed by atoms with van der Waals surface area (Å²) in [4.78, 5) is 35.2. The number of carbonyl (C=O) groups is 3. The molecule has 2 amide bonds. The van der Waals surface area contributed by atoms with Crippen LogP contribution in [0.3, 0.4) is 0 Å². The van der Waals surface area contributed by atoms with Gasteiger partial charge in [0.2, 0.25) is 11.8 Å². The SMILES string of the molecule is CC(C)(CCC(=O)O)NC(=O)CNC(=O)CC12CC3CC(CC(C3)C1)C2. The molecule has 4 saturated carbocycles. The number of hydrogen-bond donors (Lipinski definition) is 3. The smallest absolute Gasteiger partial charge is 0.303 e. The third-order valence-corrected chi connectivity index (χ3v) is 6.59. The third kappa shape index (κ3) is 4.77. The molecule has 0 atom stereocenters. The molecular weight excluding hydrogens is 332 g/mol. The van der Waals surface area contributed by atoms with Crippen LogP contribution in [0, 0.1) is 23.2 Å². The molecule has 0 saturated heterocycles. The van der Waals surface area contributed by atoms with E-state index in [1.54, 1.807) is 13.8 Å². The van der Waals surface area contributed by atoms with E-state index in [2.05, 4.69) is 10.6 Å². The zero-order valence-electron chi connectivity index (χ0n) is 16.0. The number of carbonyl (C=O) groups excluding carboxylic acids is 2. The second kappa shape index (κ2) is 7.20. The van der Waals surface area contributed by atoms with Gasteiger partial charge in [0.1, 0.15) is 0 Å². The van der Waals surface area contributed by atoms with Crippen LogP contribution in [0.4, 0.5) is 0 Å². The molecule has 4 rings (SSSR count). The van der Waals surface area contributed by atoms with Gasteiger partial charge in [-0.15, -0.1) is 0 Å². The molecule has 4 bridgehead atoms. The number of aliphatic carboxylic acids is 1. The van der Waals surface area contributed by atoms with Crippen LogP contribution in [-0.2, 0) is 14.4 Å². The highest BCUT2D eigenvalue weighted by atomic mass is 16.4. The minimum atomic E-state index is -0.879. The first-order chi connectivity index (χ1) is 12.1. The van der Waals surface area contributed by atoms with Crippen LogP contribution in [0.15, 0.2) is 0 Å². The second-order valence-corrected chi connectivity index (χ2v) is 9.70. The lowest BCUT2D eigenvalue weighted by molar-refractivity contribution is -0.137. The molecule has 0 aromatic heterocycles. The Hall–Kier alpha value is -1.59. The van der Waals surface area contributed by atoms with Gasteiger partial charge in [-0.1, -0.05) is 0 Å². The van der Waals surface area contributed by atoms with E-state index < -0.39 is 11.5 Å². The van der Waals surface area contributed by atoms with Gasteiger partial charge in [0, 0.05) is 18.4 Å². The minimum absolute atomic E-state index is 0.00561. The van der Waals surface area contributed by atoms with Crippen molar-refractivity contribution < 1.29 is 19.5 Å². The maximum absolute atomic E-state index is 12.4. The first-order valence-electron chi connectivity index (χ1n) is 9.94. The van der Waals surface area contributed by atoms with Crippen molar-refractivity contribution in [2.75, 3.05) is 6.54 Å². The van der Waals surface area contributed by atoms with Crippen LogP contribution in [0.5, 0.6) is 0 Å². The van der Waals surface area contributed by atoms with Crippen molar-refractivity contribution >= 4 is 17.8 Å². The van der Waals surface area contributed by atoms with E-state index in [0.29, 0.717) is 12.8 Å². The normalized spacial score (nSPS) is 32.3. The molecule has 4 fully saturated rings. The average Bonchev–Trinajstić information content (AvgIpc) is 2.49. The van der Waals surface area contributed by atoms with E-state index >= 15 is 0 Å². The molecule has 0 aliphatic heterocycles. The topological polar surface area (TPSA) is 95.5 Å². The summed E-state index contributed by atoms with van der Waals surface area (Å²) in [5, 5.41) is 14.4. The van der Waals surface area contributed by atoms with Crippen LogP contribution < -0.4 is 10.6 Å². The summed E-state index contributed by atoms with van der Waals surface area (Å²) in [7, 11) is 0. The molecule has 6 nitrogen and oxygen atoms in total. The van der Waals surface area contributed by atoms with E-state index in [9.17, 15) is 14.4 Å². The second-order valence-electron chi connectivity index (χ2n) is 9.70. The van der Waals surface area contributed by atoms with Crippen LogP contribution in [0.1, 0.15) is 71.6 Å². The van der Waals surface area contributed by atoms with E-state index in [4.69, 9.17) is 5.11 Å². The zero-order valence-corrected chi connectivity index (χ0v) is 16.0. The standard InChI is InChI=1S/C20H32N2O4/c1-19(2,4-3-18(25)26)22-17(24)12-21-16(23)11-20-8-13-5-14(9-20)7-15(6-13)10-20/h13-15H,3-12H2,1-2H3,(H,21,23)(H,22,24)(H,25,26). The van der Waals surface area contributed by atoms with E-state index in [1.165, 1.54) is 38.5 Å². The largest absolute Gasteiger partial charge is 0.481 e. The van der Waals surface area contributed by atoms with E-state index in [1.807, 2.05) is 0 Å². The molecule has 6 heteroatoms. The lowest BCUT2D eigenvalue weighted by atomic mass is 9.49. The Morgan fingerprint density at radius 3 is 2.04 bits per heavy atom. The molecular formula is C20H32N2O4. The van der Waals surface area contributed by atoms with Gasteiger partial charge in [0.25, 0.3) is 0 Å². The van der Waals surface area contributed by atoms with Crippen LogP contribution in [-0.4, -0.2) is 35.0 Å². The van der Waals surface area contributed by atoms with E-state index in [-0.39, 0.29) is 30.2 Å². The highest BCUT2D eigenvalue weighted by molar-refractivity contribution is 5.85. The lowest BCUT2D eigenvalue weighted by Crippen LogP contribution is -2.50. The number of carboxylic acid groups (broad SMARTS) is 1. The molecule has 0 aromatic carbocycles. The first kappa shape index (κ1) is 19.2. The molecule has 3 N–H and O–H groups in total. The number of nitrogens with one attached hydrogen (secondary N) is 2. The van der Waals surface area contributed by atoms with Crippen LogP contribution >= 0.6 is 0 Å². The summed E-state index contributed by atoms with van der Waals surface area (Å²) >= 11 is 0. The van der Waals surface area contributed by atoms with Crippen molar-refractivity contribution in [3.63, 3.8) is 0 Å². The molecule has 0 aromatic rings. The molecule has 146 valence electrons. The Bertz CT molecular complexity index is 549. The van der Waals surface area contributed by atoms with Gasteiger partial charge in [-0.25, -0.2) is 0 Å². The zero-order chi connectivity index (χ0) is 18.9. The first-order valence-corrected chi connectivity index (χ1v) is 9.94. The monoisotopic (exact) mass is 364 g/mol. The number of carboxylic acids is 1. The molecule has 0 spiro atoms. The Morgan fingerprint density at radius 1 is 1.00 bits per heavy atom. The maximum Gasteiger partial charge on any atom is 0.303 e. The highest BCUT2D eigenvalue weighted by Gasteiger charge is 2.51. The van der Waals surface area contributed by atoms with Gasteiger partial charge in [-0.2, -0.15) is 0 Å². The third-order valence-electron chi connectivity index (χ3n) is 6.59. The van der Waals surface area contributed by atoms with Crippen molar-refractivity contribution in [2.24, 2.45) is 23.2 Å². The summed E-state index contributed by atoms with van der Waals surface area (Å²) in [6.45, 7) is 3.55. The molecule has 26 heavy (non-hydrogen) atoms. The molecule has 0 heterocycles. The van der Waals surface area contributed by atoms with Crippen molar-refractivity contribution in [1.29, 1.82) is 0 Å². The summed E-state index contributed by atoms with van der Waals surface area (Å²) in [6, 6.07) is 0. The summed E-state index contributed by atoms with van der Waals surface area (Å²) in [6.07, 6.45) is 8.52. The Kier molecular flexibility index (Phi) is 5.31. The summed E-state index contributed by atoms with van der Waals surface area (Å²) in [5.74, 6) is 1.27. The summed E-state index contributed by atoms with van der Waals surface area (Å²) in [5.41, 5.74) is -0.420. The van der Waals surface area contributed by atoms with Crippen molar-refractivity contribution in [2.45, 2.75) is 77.2 Å². The molecule has 4 aliphatic carbocycles. The fourth-order valence-corrected chi connectivity index (χ4v) is 5.99. The summed E-state index contributed by atoms with van der Waals surface area (Å²) < 4.78 is 0. The van der Waals surface area contributed by atoms with Gasteiger partial charge in [-0.05, 0) is 82.0 Å². The minimum Gasteiger partial charge on any atom is -0.481 e. The highest BCUT2D eigenvalue weighted by Crippen LogP contribution is 2.61. The van der Waals surface area contributed by atoms with E-state index in [0.717, 1.165) is 17.8 Å². The van der Waals surface area contributed by atoms with Gasteiger partial charge in [0.05, 0.1) is 6.54 Å². The molecule has 4 aliphatic rings. The van der Waals surface area contributed by atoms with Gasteiger partial charge >= 0.3 is 5.97 Å². The van der Waals surface area contributed by atoms with Crippen LogP contribution in [0.25, 0.3) is 0 Å². The average molecular weight is 364 g/mol. The Morgan fingerprint density at radius 2 is 1.54 bits per heavy atom. The van der Waals surface area contributed by atoms with Gasteiger partial charge in [-0.3, -0.25) is 14.4 Å². The fraction of sp³-hybridized carbons (Fsp3) is 0.850. The van der Waals surface area contributed by atoms with Crippen molar-refractivity contribution in [1.82, 2.24) is 10.6 Å². The fourth-order valence-electron chi connectivity index (χ4n) is 5.99. The van der Waals surface area contributed by atoms with Crippen LogP contribution in [0.2, 0.25) is 0 Å². The number of rotatable bonds is 8. The van der Waals surface area contributed by atoms with Crippen molar-refractivity contribution in [3.8, 4) is 0 Å². The Labute approximate surface area is 155 Å². The predicted molar refractivity (Wildman–Crippen MR) is 97.3 cm³/mol. The number of hydrogen-bond acceptors (Lipinski definition) is 3. The van der Waals surface area contributed by atoms with Gasteiger partial charge < -0.3 is 15.7 Å². The maximum atomic E-state index is 12.4. The molecule has 0 radical (unpaired) electrons. The Balaban J connectivity index is 1.43. The number of amides is 2.